The number of aryl methyl sites for hydroxylation is 2. The van der Waals surface area contributed by atoms with E-state index in [4.69, 9.17) is 4.74 Å². The Bertz CT molecular complexity index is 463. The minimum atomic E-state index is -0.0756. The van der Waals surface area contributed by atoms with Crippen LogP contribution in [0.5, 0.6) is 0 Å². The Labute approximate surface area is 107 Å². The van der Waals surface area contributed by atoms with Crippen molar-refractivity contribution in [3.05, 3.63) is 11.3 Å². The normalized spacial score (nSPS) is 17.8. The lowest BCUT2D eigenvalue weighted by atomic mass is 10.2. The van der Waals surface area contributed by atoms with Crippen LogP contribution >= 0.6 is 0 Å². The Morgan fingerprint density at radius 2 is 2.33 bits per heavy atom. The Balaban J connectivity index is 1.56. The van der Waals surface area contributed by atoms with Crippen LogP contribution in [0.1, 0.15) is 30.5 Å². The first-order valence-electron chi connectivity index (χ1n) is 6.66. The Morgan fingerprint density at radius 1 is 1.50 bits per heavy atom. The van der Waals surface area contributed by atoms with E-state index in [0.29, 0.717) is 5.92 Å². The first kappa shape index (κ1) is 11.7. The molecule has 0 aliphatic heterocycles. The second-order valence-corrected chi connectivity index (χ2v) is 5.26. The molecule has 0 bridgehead atoms. The van der Waals surface area contributed by atoms with Crippen LogP contribution in [0.25, 0.3) is 0 Å². The van der Waals surface area contributed by atoms with Crippen LogP contribution in [0.2, 0.25) is 0 Å². The molecule has 0 atom stereocenters. The average molecular weight is 249 g/mol. The van der Waals surface area contributed by atoms with Crippen molar-refractivity contribution in [3.63, 3.8) is 0 Å². The van der Waals surface area contributed by atoms with E-state index in [-0.39, 0.29) is 12.5 Å². The van der Waals surface area contributed by atoms with Crippen molar-refractivity contribution in [2.75, 3.05) is 18.5 Å². The van der Waals surface area contributed by atoms with Gasteiger partial charge in [0.2, 0.25) is 0 Å². The van der Waals surface area contributed by atoms with Crippen molar-refractivity contribution in [2.45, 2.75) is 32.1 Å². The molecule has 98 valence electrons. The molecule has 1 saturated carbocycles. The third kappa shape index (κ3) is 2.41. The molecule has 0 radical (unpaired) electrons. The fraction of sp³-hybridized carbons (Fsp3) is 0.692. The van der Waals surface area contributed by atoms with E-state index >= 15 is 0 Å². The number of hydrogen-bond donors (Lipinski definition) is 1. The SMILES string of the molecule is Cn1nc2c(c1NC(=O)COCC1CC1)CCC2. The smallest absolute Gasteiger partial charge is 0.251 e. The molecule has 5 nitrogen and oxygen atoms in total. The molecule has 2 aliphatic rings. The number of amides is 1. The molecule has 5 heteroatoms. The summed E-state index contributed by atoms with van der Waals surface area (Å²) in [6.07, 6.45) is 5.67. The monoisotopic (exact) mass is 249 g/mol. The fourth-order valence-corrected chi connectivity index (χ4v) is 2.45. The van der Waals surface area contributed by atoms with E-state index in [1.807, 2.05) is 7.05 Å². The minimum absolute atomic E-state index is 0.0756. The molecule has 1 N–H and O–H groups in total. The van der Waals surface area contributed by atoms with Gasteiger partial charge < -0.3 is 10.1 Å². The zero-order chi connectivity index (χ0) is 12.5. The summed E-state index contributed by atoms with van der Waals surface area (Å²) in [6.45, 7) is 0.868. The zero-order valence-corrected chi connectivity index (χ0v) is 10.7. The summed E-state index contributed by atoms with van der Waals surface area (Å²) in [4.78, 5) is 11.8. The van der Waals surface area contributed by atoms with Crippen LogP contribution in [-0.4, -0.2) is 28.9 Å². The average Bonchev–Trinajstić information content (AvgIpc) is 2.97. The summed E-state index contributed by atoms with van der Waals surface area (Å²) in [5.41, 5.74) is 2.33. The van der Waals surface area contributed by atoms with Gasteiger partial charge in [0.1, 0.15) is 12.4 Å². The number of nitrogens with zero attached hydrogens (tertiary/aromatic N) is 2. The topological polar surface area (TPSA) is 56.2 Å². The molecule has 1 aromatic heterocycles. The summed E-state index contributed by atoms with van der Waals surface area (Å²) < 4.78 is 7.15. The molecule has 1 heterocycles. The van der Waals surface area contributed by atoms with E-state index in [1.54, 1.807) is 4.68 Å². The van der Waals surface area contributed by atoms with Gasteiger partial charge in [0.15, 0.2) is 0 Å². The minimum Gasteiger partial charge on any atom is -0.371 e. The number of aromatic nitrogens is 2. The highest BCUT2D eigenvalue weighted by Crippen LogP contribution is 2.29. The molecular formula is C13H19N3O2. The lowest BCUT2D eigenvalue weighted by molar-refractivity contribution is -0.120. The first-order valence-corrected chi connectivity index (χ1v) is 6.66. The highest BCUT2D eigenvalue weighted by molar-refractivity contribution is 5.91. The number of carbonyl (C=O) groups is 1. The molecule has 0 saturated heterocycles. The van der Waals surface area contributed by atoms with E-state index in [0.717, 1.165) is 37.4 Å². The standard InChI is InChI=1S/C13H19N3O2/c1-16-13(10-3-2-4-11(10)15-16)14-12(17)8-18-7-9-5-6-9/h9H,2-8H2,1H3,(H,14,17). The lowest BCUT2D eigenvalue weighted by Crippen LogP contribution is -2.21. The van der Waals surface area contributed by atoms with Crippen LogP contribution in [0.15, 0.2) is 0 Å². The van der Waals surface area contributed by atoms with Crippen molar-refractivity contribution >= 4 is 11.7 Å². The third-order valence-corrected chi connectivity index (χ3v) is 3.61. The maximum atomic E-state index is 11.8. The number of nitrogens with one attached hydrogen (secondary N) is 1. The van der Waals surface area contributed by atoms with Gasteiger partial charge >= 0.3 is 0 Å². The molecule has 1 aromatic rings. The van der Waals surface area contributed by atoms with Crippen LogP contribution in [0.3, 0.4) is 0 Å². The van der Waals surface area contributed by atoms with Crippen LogP contribution < -0.4 is 5.32 Å². The van der Waals surface area contributed by atoms with E-state index < -0.39 is 0 Å². The third-order valence-electron chi connectivity index (χ3n) is 3.61. The van der Waals surface area contributed by atoms with Crippen molar-refractivity contribution in [2.24, 2.45) is 13.0 Å². The van der Waals surface area contributed by atoms with Gasteiger partial charge in [-0.2, -0.15) is 5.10 Å². The molecule has 18 heavy (non-hydrogen) atoms. The van der Waals surface area contributed by atoms with Gasteiger partial charge in [-0.3, -0.25) is 9.48 Å². The fourth-order valence-electron chi connectivity index (χ4n) is 2.45. The zero-order valence-electron chi connectivity index (χ0n) is 10.7. The van der Waals surface area contributed by atoms with Crippen molar-refractivity contribution in [3.8, 4) is 0 Å². The van der Waals surface area contributed by atoms with Gasteiger partial charge in [-0.1, -0.05) is 0 Å². The second-order valence-electron chi connectivity index (χ2n) is 5.26. The lowest BCUT2D eigenvalue weighted by Gasteiger charge is -2.08. The van der Waals surface area contributed by atoms with Crippen molar-refractivity contribution < 1.29 is 9.53 Å². The predicted octanol–water partition coefficient (Wildman–Crippen LogP) is 1.27. The summed E-state index contributed by atoms with van der Waals surface area (Å²) in [6, 6.07) is 0. The van der Waals surface area contributed by atoms with Crippen LogP contribution in [-0.2, 0) is 29.4 Å². The largest absolute Gasteiger partial charge is 0.371 e. The summed E-state index contributed by atoms with van der Waals surface area (Å²) in [5, 5.41) is 7.35. The Kier molecular flexibility index (Phi) is 3.07. The van der Waals surface area contributed by atoms with Crippen molar-refractivity contribution in [1.29, 1.82) is 0 Å². The van der Waals surface area contributed by atoms with E-state index in [9.17, 15) is 4.79 Å². The molecule has 2 aliphatic carbocycles. The highest BCUT2D eigenvalue weighted by Gasteiger charge is 2.23. The quantitative estimate of drug-likeness (QED) is 0.855. The summed E-state index contributed by atoms with van der Waals surface area (Å²) in [7, 11) is 1.87. The van der Waals surface area contributed by atoms with Gasteiger partial charge in [-0.15, -0.1) is 0 Å². The molecule has 3 rings (SSSR count). The van der Waals surface area contributed by atoms with E-state index in [2.05, 4.69) is 10.4 Å². The van der Waals surface area contributed by atoms with Gasteiger partial charge in [0.05, 0.1) is 12.3 Å². The highest BCUT2D eigenvalue weighted by atomic mass is 16.5. The van der Waals surface area contributed by atoms with Crippen molar-refractivity contribution in [1.82, 2.24) is 9.78 Å². The first-order chi connectivity index (χ1) is 8.74. The van der Waals surface area contributed by atoms with Gasteiger partial charge in [0, 0.05) is 12.6 Å². The maximum absolute atomic E-state index is 11.8. The number of carbonyl (C=O) groups excluding carboxylic acids is 1. The number of anilines is 1. The van der Waals surface area contributed by atoms with Crippen LogP contribution in [0.4, 0.5) is 5.82 Å². The van der Waals surface area contributed by atoms with E-state index in [1.165, 1.54) is 18.4 Å². The molecule has 0 spiro atoms. The van der Waals surface area contributed by atoms with Gasteiger partial charge in [0.25, 0.3) is 5.91 Å². The molecule has 1 amide bonds. The number of ether oxygens (including phenoxy) is 1. The number of hydrogen-bond acceptors (Lipinski definition) is 3. The van der Waals surface area contributed by atoms with Gasteiger partial charge in [-0.05, 0) is 38.0 Å². The predicted molar refractivity (Wildman–Crippen MR) is 67.4 cm³/mol. The number of rotatable bonds is 5. The van der Waals surface area contributed by atoms with Gasteiger partial charge in [-0.25, -0.2) is 0 Å². The molecular weight excluding hydrogens is 230 g/mol. The second kappa shape index (κ2) is 4.72. The maximum Gasteiger partial charge on any atom is 0.251 e. The Morgan fingerprint density at radius 3 is 3.11 bits per heavy atom. The molecule has 1 fully saturated rings. The molecule has 0 unspecified atom stereocenters. The Hall–Kier alpha value is -1.36. The van der Waals surface area contributed by atoms with Crippen LogP contribution in [0, 0.1) is 5.92 Å². The molecule has 0 aromatic carbocycles. The number of fused-ring (bicyclic) bond motifs is 1. The summed E-state index contributed by atoms with van der Waals surface area (Å²) >= 11 is 0. The summed E-state index contributed by atoms with van der Waals surface area (Å²) in [5.74, 6) is 1.47.